The molecule has 0 saturated carbocycles. The van der Waals surface area contributed by atoms with Gasteiger partial charge in [-0.15, -0.1) is 0 Å². The van der Waals surface area contributed by atoms with Crippen molar-refractivity contribution in [3.05, 3.63) is 70.3 Å². The lowest BCUT2D eigenvalue weighted by Gasteiger charge is -2.26. The molecule has 0 aliphatic carbocycles. The highest BCUT2D eigenvalue weighted by atomic mass is 16.6. The third kappa shape index (κ3) is 4.44. The van der Waals surface area contributed by atoms with E-state index in [1.165, 1.54) is 24.8 Å². The van der Waals surface area contributed by atoms with E-state index in [0.717, 1.165) is 12.0 Å². The molecule has 7 nitrogen and oxygen atoms in total. The maximum absolute atomic E-state index is 12.4. The molecule has 1 aliphatic heterocycles. The van der Waals surface area contributed by atoms with Crippen LogP contribution in [0.2, 0.25) is 0 Å². The Morgan fingerprint density at radius 3 is 2.63 bits per heavy atom. The van der Waals surface area contributed by atoms with Crippen LogP contribution in [0.3, 0.4) is 0 Å². The van der Waals surface area contributed by atoms with Crippen molar-refractivity contribution in [2.75, 3.05) is 26.8 Å². The molecule has 0 unspecified atom stereocenters. The maximum Gasteiger partial charge on any atom is 0.314 e. The summed E-state index contributed by atoms with van der Waals surface area (Å²) in [5, 5.41) is 11.2. The Morgan fingerprint density at radius 2 is 2.00 bits per heavy atom. The number of nitrogens with zero attached hydrogens (tertiary/aromatic N) is 2. The highest BCUT2D eigenvalue weighted by Gasteiger charge is 2.21. The van der Waals surface area contributed by atoms with E-state index in [2.05, 4.69) is 12.1 Å². The summed E-state index contributed by atoms with van der Waals surface area (Å²) in [6.45, 7) is 0.840. The van der Waals surface area contributed by atoms with Gasteiger partial charge in [0.05, 0.1) is 18.1 Å². The molecule has 0 saturated heterocycles. The number of carbonyl (C=O) groups is 1. The summed E-state index contributed by atoms with van der Waals surface area (Å²) in [5.41, 5.74) is 2.15. The zero-order valence-corrected chi connectivity index (χ0v) is 15.0. The molecule has 7 heteroatoms. The van der Waals surface area contributed by atoms with Crippen LogP contribution >= 0.6 is 0 Å². The second-order valence-corrected chi connectivity index (χ2v) is 6.06. The SMILES string of the molecule is COc1ccc(OCC(=O)N2CC=C(c3ccccc3)CC2)c([N+](=O)[O-])c1. The van der Waals surface area contributed by atoms with Gasteiger partial charge >= 0.3 is 5.69 Å². The largest absolute Gasteiger partial charge is 0.496 e. The van der Waals surface area contributed by atoms with E-state index in [9.17, 15) is 14.9 Å². The molecule has 140 valence electrons. The number of rotatable bonds is 6. The molecule has 1 amide bonds. The first-order valence-corrected chi connectivity index (χ1v) is 8.56. The van der Waals surface area contributed by atoms with Gasteiger partial charge in [0.25, 0.3) is 5.91 Å². The third-order valence-electron chi connectivity index (χ3n) is 4.42. The standard InChI is InChI=1S/C20H20N2O5/c1-26-17-7-8-19(18(13-17)22(24)25)27-14-20(23)21-11-9-16(10-12-21)15-5-3-2-4-6-15/h2-9,13H,10-12,14H2,1H3. The first-order valence-electron chi connectivity index (χ1n) is 8.56. The van der Waals surface area contributed by atoms with Gasteiger partial charge in [0.15, 0.2) is 12.4 Å². The molecular weight excluding hydrogens is 348 g/mol. The normalized spacial score (nSPS) is 13.7. The summed E-state index contributed by atoms with van der Waals surface area (Å²) in [7, 11) is 1.43. The molecule has 0 radical (unpaired) electrons. The van der Waals surface area contributed by atoms with E-state index < -0.39 is 4.92 Å². The molecule has 1 heterocycles. The van der Waals surface area contributed by atoms with Crippen molar-refractivity contribution in [1.82, 2.24) is 4.90 Å². The molecule has 2 aromatic carbocycles. The van der Waals surface area contributed by atoms with Crippen LogP contribution < -0.4 is 9.47 Å². The number of carbonyl (C=O) groups excluding carboxylic acids is 1. The number of nitro groups is 1. The number of ether oxygens (including phenoxy) is 2. The topological polar surface area (TPSA) is 81.9 Å². The van der Waals surface area contributed by atoms with Crippen molar-refractivity contribution < 1.29 is 19.2 Å². The average molecular weight is 368 g/mol. The summed E-state index contributed by atoms with van der Waals surface area (Å²) < 4.78 is 10.4. The van der Waals surface area contributed by atoms with Crippen molar-refractivity contribution in [1.29, 1.82) is 0 Å². The maximum atomic E-state index is 12.4. The molecular formula is C20H20N2O5. The third-order valence-corrected chi connectivity index (χ3v) is 4.42. The number of methoxy groups -OCH3 is 1. The summed E-state index contributed by atoms with van der Waals surface area (Å²) in [4.78, 5) is 24.7. The Bertz CT molecular complexity index is 864. The molecule has 0 spiro atoms. The Labute approximate surface area is 157 Å². The molecule has 1 aliphatic rings. The molecule has 3 rings (SSSR count). The lowest BCUT2D eigenvalue weighted by Crippen LogP contribution is -2.37. The number of benzene rings is 2. The monoisotopic (exact) mass is 368 g/mol. The van der Waals surface area contributed by atoms with Gasteiger partial charge in [0, 0.05) is 13.1 Å². The second kappa shape index (κ2) is 8.35. The highest BCUT2D eigenvalue weighted by Crippen LogP contribution is 2.31. The Kier molecular flexibility index (Phi) is 5.71. The Hall–Kier alpha value is -3.35. The fourth-order valence-electron chi connectivity index (χ4n) is 2.93. The lowest BCUT2D eigenvalue weighted by atomic mass is 10.00. The van der Waals surface area contributed by atoms with Gasteiger partial charge in [0.1, 0.15) is 5.75 Å². The predicted molar refractivity (Wildman–Crippen MR) is 101 cm³/mol. The Morgan fingerprint density at radius 1 is 1.22 bits per heavy atom. The van der Waals surface area contributed by atoms with Crippen LogP contribution in [0.25, 0.3) is 5.57 Å². The molecule has 27 heavy (non-hydrogen) atoms. The fourth-order valence-corrected chi connectivity index (χ4v) is 2.93. The molecule has 0 aromatic heterocycles. The minimum atomic E-state index is -0.557. The van der Waals surface area contributed by atoms with Crippen LogP contribution in [-0.4, -0.2) is 42.5 Å². The average Bonchev–Trinajstić information content (AvgIpc) is 2.72. The van der Waals surface area contributed by atoms with Crippen molar-refractivity contribution >= 4 is 17.2 Å². The first-order chi connectivity index (χ1) is 13.1. The lowest BCUT2D eigenvalue weighted by molar-refractivity contribution is -0.385. The van der Waals surface area contributed by atoms with Gasteiger partial charge in [-0.2, -0.15) is 0 Å². The van der Waals surface area contributed by atoms with Crippen molar-refractivity contribution in [2.45, 2.75) is 6.42 Å². The van der Waals surface area contributed by atoms with Gasteiger partial charge in [-0.3, -0.25) is 14.9 Å². The molecule has 0 fully saturated rings. The zero-order chi connectivity index (χ0) is 19.2. The van der Waals surface area contributed by atoms with Crippen LogP contribution in [0.5, 0.6) is 11.5 Å². The van der Waals surface area contributed by atoms with Crippen LogP contribution in [0, 0.1) is 10.1 Å². The number of hydrogen-bond donors (Lipinski definition) is 0. The van der Waals surface area contributed by atoms with Gasteiger partial charge in [-0.1, -0.05) is 36.4 Å². The van der Waals surface area contributed by atoms with Crippen LogP contribution in [0.4, 0.5) is 5.69 Å². The van der Waals surface area contributed by atoms with E-state index >= 15 is 0 Å². The Balaban J connectivity index is 1.61. The predicted octanol–water partition coefficient (Wildman–Crippen LogP) is 3.30. The minimum absolute atomic E-state index is 0.0478. The van der Waals surface area contributed by atoms with Gasteiger partial charge in [-0.05, 0) is 29.7 Å². The van der Waals surface area contributed by atoms with Crippen LogP contribution in [-0.2, 0) is 4.79 Å². The second-order valence-electron chi connectivity index (χ2n) is 6.06. The molecule has 0 bridgehead atoms. The van der Waals surface area contributed by atoms with E-state index in [4.69, 9.17) is 9.47 Å². The summed E-state index contributed by atoms with van der Waals surface area (Å²) in [6, 6.07) is 14.3. The van der Waals surface area contributed by atoms with Crippen molar-refractivity contribution in [3.63, 3.8) is 0 Å². The molecule has 2 aromatic rings. The summed E-state index contributed by atoms with van der Waals surface area (Å²) >= 11 is 0. The van der Waals surface area contributed by atoms with E-state index in [0.29, 0.717) is 18.8 Å². The van der Waals surface area contributed by atoms with E-state index in [1.807, 2.05) is 24.3 Å². The van der Waals surface area contributed by atoms with E-state index in [1.54, 1.807) is 11.0 Å². The summed E-state index contributed by atoms with van der Waals surface area (Å²) in [6.07, 6.45) is 2.80. The van der Waals surface area contributed by atoms with Gasteiger partial charge in [-0.25, -0.2) is 0 Å². The van der Waals surface area contributed by atoms with Gasteiger partial charge < -0.3 is 14.4 Å². The number of amides is 1. The number of hydrogen-bond acceptors (Lipinski definition) is 5. The van der Waals surface area contributed by atoms with E-state index in [-0.39, 0.29) is 24.0 Å². The van der Waals surface area contributed by atoms with Crippen LogP contribution in [0.15, 0.2) is 54.6 Å². The number of nitro benzene ring substituents is 1. The smallest absolute Gasteiger partial charge is 0.314 e. The van der Waals surface area contributed by atoms with Crippen LogP contribution in [0.1, 0.15) is 12.0 Å². The first kappa shape index (κ1) is 18.4. The van der Waals surface area contributed by atoms with Crippen molar-refractivity contribution in [2.24, 2.45) is 0 Å². The molecule has 0 N–H and O–H groups in total. The van der Waals surface area contributed by atoms with Crippen molar-refractivity contribution in [3.8, 4) is 11.5 Å². The summed E-state index contributed by atoms with van der Waals surface area (Å²) in [5.74, 6) is 0.199. The molecule has 0 atom stereocenters. The minimum Gasteiger partial charge on any atom is -0.496 e. The zero-order valence-electron chi connectivity index (χ0n) is 15.0. The highest BCUT2D eigenvalue weighted by molar-refractivity contribution is 5.79. The quantitative estimate of drug-likeness (QED) is 0.577. The van der Waals surface area contributed by atoms with Gasteiger partial charge in [0.2, 0.25) is 0 Å². The fraction of sp³-hybridized carbons (Fsp3) is 0.250.